The third kappa shape index (κ3) is 5.42. The number of aliphatic hydroxyl groups excluding tert-OH is 1. The van der Waals surface area contributed by atoms with E-state index in [1.807, 2.05) is 6.20 Å². The second-order valence-electron chi connectivity index (χ2n) is 11.7. The SMILES string of the molecule is COc1cc(C)c(C2=C3C=CC(=[N+](C)C)C=C3[Si](C)(C)c3cc(C)ccc32)cc1-n1cc(CCC(=O)NCCO)nn1. The minimum Gasteiger partial charge on any atom is -0.494 e. The molecular formula is C33H40N5O3Si+. The Labute approximate surface area is 248 Å². The predicted octanol–water partition coefficient (Wildman–Crippen LogP) is 3.41. The first-order valence-corrected chi connectivity index (χ1v) is 17.3. The van der Waals surface area contributed by atoms with Gasteiger partial charge in [-0.05, 0) is 70.3 Å². The highest BCUT2D eigenvalue weighted by Crippen LogP contribution is 2.43. The van der Waals surface area contributed by atoms with Crippen molar-refractivity contribution in [1.82, 2.24) is 20.3 Å². The van der Waals surface area contributed by atoms with Crippen molar-refractivity contribution in [2.75, 3.05) is 34.4 Å². The molecule has 0 spiro atoms. The number of methoxy groups -OCH3 is 1. The number of ether oxygens (including phenoxy) is 1. The maximum absolute atomic E-state index is 12.0. The minimum atomic E-state index is -2.00. The number of hydrogen-bond acceptors (Lipinski definition) is 5. The number of amides is 1. The number of benzene rings is 2. The van der Waals surface area contributed by atoms with Gasteiger partial charge in [-0.25, -0.2) is 9.26 Å². The minimum absolute atomic E-state index is 0.0818. The van der Waals surface area contributed by atoms with Gasteiger partial charge in [0.2, 0.25) is 5.91 Å². The molecule has 5 rings (SSSR count). The number of aryl methyl sites for hydroxylation is 3. The number of allylic oxidation sites excluding steroid dienone is 5. The molecule has 3 aromatic rings. The maximum atomic E-state index is 12.0. The molecule has 218 valence electrons. The lowest BCUT2D eigenvalue weighted by Gasteiger charge is -2.38. The number of carbonyl (C=O) groups excluding carboxylic acids is 1. The predicted molar refractivity (Wildman–Crippen MR) is 170 cm³/mol. The standard InChI is InChI=1S/C33H39N5O3Si/c1-21-8-11-25-30(16-21)42(6,7)31-18-24(37(3)4)10-12-26(31)33(25)27-19-28(29(41-5)17-22(27)2)38-20-23(35-36-38)9-13-32(40)34-14-15-39/h8,10-12,16-20,39H,9,13-15H2,1-7H3/p+1. The van der Waals surface area contributed by atoms with Gasteiger partial charge in [-0.2, -0.15) is 0 Å². The van der Waals surface area contributed by atoms with Gasteiger partial charge in [-0.15, -0.1) is 5.10 Å². The summed E-state index contributed by atoms with van der Waals surface area (Å²) in [5.74, 6) is 0.575. The van der Waals surface area contributed by atoms with Crippen molar-refractivity contribution in [3.8, 4) is 11.4 Å². The van der Waals surface area contributed by atoms with E-state index in [0.29, 0.717) is 17.9 Å². The molecule has 0 saturated heterocycles. The Balaban J connectivity index is 1.65. The molecule has 0 bridgehead atoms. The molecule has 0 unspecified atom stereocenters. The molecule has 0 fully saturated rings. The van der Waals surface area contributed by atoms with Crippen molar-refractivity contribution >= 4 is 30.5 Å². The quantitative estimate of drug-likeness (QED) is 0.314. The normalized spacial score (nSPS) is 15.2. The fourth-order valence-corrected chi connectivity index (χ4v) is 9.01. The second-order valence-corrected chi connectivity index (χ2v) is 16.1. The molecule has 2 N–H and O–H groups in total. The summed E-state index contributed by atoms with van der Waals surface area (Å²) in [5, 5.41) is 23.2. The topological polar surface area (TPSA) is 92.3 Å². The van der Waals surface area contributed by atoms with Crippen LogP contribution in [0.15, 0.2) is 65.5 Å². The average Bonchev–Trinajstić information content (AvgIpc) is 3.44. The third-order valence-electron chi connectivity index (χ3n) is 8.21. The van der Waals surface area contributed by atoms with Crippen LogP contribution in [0.4, 0.5) is 0 Å². The fourth-order valence-electron chi connectivity index (χ4n) is 5.86. The summed E-state index contributed by atoms with van der Waals surface area (Å²) in [6, 6.07) is 11.1. The van der Waals surface area contributed by atoms with Gasteiger partial charge in [0.25, 0.3) is 0 Å². The molecule has 0 atom stereocenters. The number of carbonyl (C=O) groups is 1. The number of fused-ring (bicyclic) bond motifs is 2. The summed E-state index contributed by atoms with van der Waals surface area (Å²) < 4.78 is 9.73. The molecule has 9 heteroatoms. The molecule has 2 aliphatic rings. The number of nitrogens with zero attached hydrogens (tertiary/aromatic N) is 4. The zero-order valence-electron chi connectivity index (χ0n) is 25.6. The molecule has 1 aliphatic heterocycles. The van der Waals surface area contributed by atoms with Crippen LogP contribution in [-0.2, 0) is 11.2 Å². The molecule has 1 amide bonds. The summed E-state index contributed by atoms with van der Waals surface area (Å²) in [5.41, 5.74) is 10.00. The average molecular weight is 583 g/mol. The van der Waals surface area contributed by atoms with Gasteiger partial charge >= 0.3 is 0 Å². The van der Waals surface area contributed by atoms with Gasteiger partial charge in [0.05, 0.1) is 25.6 Å². The van der Waals surface area contributed by atoms with Crippen LogP contribution in [-0.4, -0.2) is 78.7 Å². The maximum Gasteiger partial charge on any atom is 0.220 e. The van der Waals surface area contributed by atoms with Gasteiger partial charge < -0.3 is 15.2 Å². The lowest BCUT2D eigenvalue weighted by atomic mass is 9.87. The highest BCUT2D eigenvalue weighted by atomic mass is 28.3. The molecule has 2 aromatic carbocycles. The lowest BCUT2D eigenvalue weighted by Crippen LogP contribution is -2.49. The highest BCUT2D eigenvalue weighted by Gasteiger charge is 2.40. The van der Waals surface area contributed by atoms with E-state index in [1.54, 1.807) is 11.8 Å². The van der Waals surface area contributed by atoms with Crippen LogP contribution in [0.5, 0.6) is 5.75 Å². The highest BCUT2D eigenvalue weighted by molar-refractivity contribution is 6.98. The lowest BCUT2D eigenvalue weighted by molar-refractivity contribution is -0.462. The molecule has 0 radical (unpaired) electrons. The van der Waals surface area contributed by atoms with E-state index in [0.717, 1.165) is 16.8 Å². The van der Waals surface area contributed by atoms with E-state index < -0.39 is 8.07 Å². The van der Waals surface area contributed by atoms with Crippen LogP contribution >= 0.6 is 0 Å². The van der Waals surface area contributed by atoms with E-state index in [2.05, 4.69) is 110 Å². The Morgan fingerprint density at radius 2 is 1.90 bits per heavy atom. The molecule has 42 heavy (non-hydrogen) atoms. The van der Waals surface area contributed by atoms with Gasteiger partial charge in [0.1, 0.15) is 33.6 Å². The summed E-state index contributed by atoms with van der Waals surface area (Å²) in [6.45, 7) is 9.37. The summed E-state index contributed by atoms with van der Waals surface area (Å²) >= 11 is 0. The van der Waals surface area contributed by atoms with E-state index in [-0.39, 0.29) is 25.5 Å². The van der Waals surface area contributed by atoms with Gasteiger partial charge in [-0.3, -0.25) is 4.79 Å². The number of nitrogens with one attached hydrogen (secondary N) is 1. The van der Waals surface area contributed by atoms with Crippen molar-refractivity contribution in [2.45, 2.75) is 39.8 Å². The van der Waals surface area contributed by atoms with Gasteiger partial charge in [0, 0.05) is 31.5 Å². The molecule has 1 aromatic heterocycles. The Morgan fingerprint density at radius 3 is 2.62 bits per heavy atom. The fraction of sp³-hybridized carbons (Fsp3) is 0.333. The van der Waals surface area contributed by atoms with E-state index in [9.17, 15) is 4.79 Å². The summed E-state index contributed by atoms with van der Waals surface area (Å²) in [6.07, 6.45) is 9.45. The summed E-state index contributed by atoms with van der Waals surface area (Å²) in [7, 11) is 3.85. The number of rotatable bonds is 8. The van der Waals surface area contributed by atoms with Crippen LogP contribution < -0.4 is 15.2 Å². The van der Waals surface area contributed by atoms with E-state index >= 15 is 0 Å². The third-order valence-corrected chi connectivity index (χ3v) is 11.7. The van der Waals surface area contributed by atoms with Crippen molar-refractivity contribution in [3.63, 3.8) is 0 Å². The zero-order chi connectivity index (χ0) is 30.2. The first-order valence-electron chi connectivity index (χ1n) is 14.3. The Kier molecular flexibility index (Phi) is 8.16. The molecule has 1 aliphatic carbocycles. The second kappa shape index (κ2) is 11.7. The number of aliphatic hydroxyl groups is 1. The van der Waals surface area contributed by atoms with Crippen LogP contribution in [0.2, 0.25) is 13.1 Å². The van der Waals surface area contributed by atoms with E-state index in [4.69, 9.17) is 9.84 Å². The number of aromatic nitrogens is 3. The van der Waals surface area contributed by atoms with Gasteiger partial charge in [-0.1, -0.05) is 42.1 Å². The van der Waals surface area contributed by atoms with Crippen molar-refractivity contribution in [1.29, 1.82) is 0 Å². The Morgan fingerprint density at radius 1 is 1.12 bits per heavy atom. The first-order chi connectivity index (χ1) is 20.0. The number of hydrogen-bond donors (Lipinski definition) is 2. The van der Waals surface area contributed by atoms with Crippen LogP contribution in [0.1, 0.15) is 34.4 Å². The van der Waals surface area contributed by atoms with Crippen LogP contribution in [0.25, 0.3) is 11.3 Å². The van der Waals surface area contributed by atoms with Crippen molar-refractivity contribution in [2.24, 2.45) is 0 Å². The Hall–Kier alpha value is -4.08. The Bertz CT molecular complexity index is 1690. The summed E-state index contributed by atoms with van der Waals surface area (Å²) in [4.78, 5) is 12.0. The monoisotopic (exact) mass is 582 g/mol. The van der Waals surface area contributed by atoms with Gasteiger partial charge in [0.15, 0.2) is 5.71 Å². The molecule has 2 heterocycles. The first kappa shape index (κ1) is 29.4. The van der Waals surface area contributed by atoms with Crippen LogP contribution in [0.3, 0.4) is 0 Å². The van der Waals surface area contributed by atoms with E-state index in [1.165, 1.54) is 38.4 Å². The molecule has 8 nitrogen and oxygen atoms in total. The molecule has 0 saturated carbocycles. The van der Waals surface area contributed by atoms with Crippen LogP contribution in [0, 0.1) is 13.8 Å². The van der Waals surface area contributed by atoms with Crippen molar-refractivity contribution < 1.29 is 19.2 Å². The zero-order valence-corrected chi connectivity index (χ0v) is 26.6. The van der Waals surface area contributed by atoms with Crippen molar-refractivity contribution in [3.05, 3.63) is 93.5 Å². The smallest absolute Gasteiger partial charge is 0.220 e. The largest absolute Gasteiger partial charge is 0.494 e. The molecular weight excluding hydrogens is 542 g/mol.